The topological polar surface area (TPSA) is 72.1 Å². The van der Waals surface area contributed by atoms with Crippen molar-refractivity contribution >= 4 is 44.2 Å². The number of halogens is 1. The molecule has 0 spiro atoms. The third kappa shape index (κ3) is 3.07. The van der Waals surface area contributed by atoms with Gasteiger partial charge in [0.1, 0.15) is 0 Å². The van der Waals surface area contributed by atoms with E-state index in [2.05, 4.69) is 15.1 Å². The molecule has 0 saturated heterocycles. The van der Waals surface area contributed by atoms with Crippen LogP contribution in [0.25, 0.3) is 10.2 Å². The molecule has 6 nitrogen and oxygen atoms in total. The van der Waals surface area contributed by atoms with E-state index >= 15 is 0 Å². The molecular weight excluding hydrogens is 372 g/mol. The Bertz CT molecular complexity index is 1060. The molecule has 0 fully saturated rings. The molecule has 130 valence electrons. The van der Waals surface area contributed by atoms with Crippen LogP contribution in [-0.4, -0.2) is 21.0 Å². The average molecular weight is 385 g/mol. The summed E-state index contributed by atoms with van der Waals surface area (Å²) in [5, 5.41) is 4.82. The number of carbonyl (C=O) groups is 1. The van der Waals surface area contributed by atoms with E-state index in [-0.39, 0.29) is 18.2 Å². The Kier molecular flexibility index (Phi) is 4.40. The molecule has 0 N–H and O–H groups in total. The van der Waals surface area contributed by atoms with Crippen LogP contribution in [0, 0.1) is 6.92 Å². The number of nitrogens with zero attached hydrogens (tertiary/aromatic N) is 4. The predicted octanol–water partition coefficient (Wildman–Crippen LogP) is 4.49. The van der Waals surface area contributed by atoms with E-state index in [1.807, 2.05) is 37.3 Å². The maximum Gasteiger partial charge on any atom is 0.299 e. The highest BCUT2D eigenvalue weighted by Gasteiger charge is 2.25. The van der Waals surface area contributed by atoms with Gasteiger partial charge in [-0.3, -0.25) is 14.7 Å². The van der Waals surface area contributed by atoms with Gasteiger partial charge in [0.15, 0.2) is 5.13 Å². The first-order valence-electron chi connectivity index (χ1n) is 7.81. The van der Waals surface area contributed by atoms with E-state index in [4.69, 9.17) is 16.1 Å². The van der Waals surface area contributed by atoms with Crippen molar-refractivity contribution in [1.82, 2.24) is 15.1 Å². The Morgan fingerprint density at radius 1 is 1.23 bits per heavy atom. The predicted molar refractivity (Wildman–Crippen MR) is 101 cm³/mol. The fourth-order valence-electron chi connectivity index (χ4n) is 2.54. The molecule has 8 heteroatoms. The minimum atomic E-state index is -0.323. The van der Waals surface area contributed by atoms with Crippen molar-refractivity contribution in [3.8, 4) is 0 Å². The fraction of sp³-hybridized carbons (Fsp3) is 0.111. The van der Waals surface area contributed by atoms with Gasteiger partial charge in [-0.15, -0.1) is 0 Å². The normalized spacial score (nSPS) is 11.0. The number of aryl methyl sites for hydroxylation is 1. The minimum Gasteiger partial charge on any atom is -0.351 e. The highest BCUT2D eigenvalue weighted by molar-refractivity contribution is 7.22. The van der Waals surface area contributed by atoms with Crippen molar-refractivity contribution in [2.75, 3.05) is 4.90 Å². The van der Waals surface area contributed by atoms with Crippen LogP contribution in [0.5, 0.6) is 0 Å². The Hall–Kier alpha value is -2.77. The minimum absolute atomic E-state index is 0.148. The first-order chi connectivity index (χ1) is 12.6. The van der Waals surface area contributed by atoms with Gasteiger partial charge in [-0.1, -0.05) is 34.2 Å². The fourth-order valence-corrected chi connectivity index (χ4v) is 3.72. The van der Waals surface area contributed by atoms with Crippen LogP contribution in [0.2, 0.25) is 5.02 Å². The van der Waals surface area contributed by atoms with Crippen LogP contribution in [0.15, 0.2) is 53.3 Å². The smallest absolute Gasteiger partial charge is 0.299 e. The Morgan fingerprint density at radius 2 is 2.12 bits per heavy atom. The lowest BCUT2D eigenvalue weighted by atomic mass is 10.2. The van der Waals surface area contributed by atoms with Crippen molar-refractivity contribution in [3.63, 3.8) is 0 Å². The average Bonchev–Trinajstić information content (AvgIpc) is 3.33. The second-order valence-electron chi connectivity index (χ2n) is 5.60. The third-order valence-electron chi connectivity index (χ3n) is 3.91. The molecule has 0 aliphatic carbocycles. The molecule has 0 atom stereocenters. The zero-order valence-electron chi connectivity index (χ0n) is 13.7. The number of fused-ring (bicyclic) bond motifs is 1. The first kappa shape index (κ1) is 16.7. The lowest BCUT2D eigenvalue weighted by molar-refractivity contribution is 0.0949. The monoisotopic (exact) mass is 384 g/mol. The van der Waals surface area contributed by atoms with Crippen molar-refractivity contribution in [1.29, 1.82) is 0 Å². The summed E-state index contributed by atoms with van der Waals surface area (Å²) in [4.78, 5) is 23.4. The molecule has 3 aromatic heterocycles. The Labute approximate surface area is 158 Å². The van der Waals surface area contributed by atoms with Crippen LogP contribution >= 0.6 is 22.9 Å². The largest absolute Gasteiger partial charge is 0.351 e. The quantitative estimate of drug-likeness (QED) is 0.518. The maximum absolute atomic E-state index is 12.9. The first-order valence-corrected chi connectivity index (χ1v) is 9.01. The molecule has 1 amide bonds. The molecule has 26 heavy (non-hydrogen) atoms. The molecular formula is C18H13ClN4O2S. The second-order valence-corrected chi connectivity index (χ2v) is 7.02. The number of thiazole rings is 1. The molecule has 3 heterocycles. The molecule has 0 aliphatic heterocycles. The second kappa shape index (κ2) is 6.86. The zero-order valence-corrected chi connectivity index (χ0v) is 15.3. The van der Waals surface area contributed by atoms with Crippen LogP contribution < -0.4 is 4.90 Å². The third-order valence-corrected chi connectivity index (χ3v) is 5.36. The number of amides is 1. The number of anilines is 1. The number of hydrogen-bond acceptors (Lipinski definition) is 6. The molecule has 4 rings (SSSR count). The molecule has 0 unspecified atom stereocenters. The molecule has 0 saturated carbocycles. The van der Waals surface area contributed by atoms with E-state index in [1.165, 1.54) is 23.6 Å². The van der Waals surface area contributed by atoms with Crippen LogP contribution in [0.3, 0.4) is 0 Å². The molecule has 0 radical (unpaired) electrons. The summed E-state index contributed by atoms with van der Waals surface area (Å²) in [5.41, 5.74) is 2.42. The van der Waals surface area contributed by atoms with Gasteiger partial charge in [0.25, 0.3) is 5.91 Å². The van der Waals surface area contributed by atoms with Gasteiger partial charge >= 0.3 is 0 Å². The van der Waals surface area contributed by atoms with Crippen LogP contribution in [-0.2, 0) is 6.54 Å². The number of pyridine rings is 1. The standard InChI is InChI=1S/C18H13ClN4O2S/c1-11-13(19)5-6-15-16(11)22-18(26-15)23(10-12-4-2-3-8-20-12)17(24)14-7-9-21-25-14/h2-9H,10H2,1H3. The molecule has 1 aromatic carbocycles. The Balaban J connectivity index is 1.79. The lowest BCUT2D eigenvalue weighted by Gasteiger charge is -2.17. The number of benzene rings is 1. The summed E-state index contributed by atoms with van der Waals surface area (Å²) < 4.78 is 6.00. The summed E-state index contributed by atoms with van der Waals surface area (Å²) in [5.74, 6) is -0.175. The van der Waals surface area contributed by atoms with E-state index in [0.717, 1.165) is 21.5 Å². The van der Waals surface area contributed by atoms with Gasteiger partial charge in [-0.2, -0.15) is 0 Å². The van der Waals surface area contributed by atoms with Gasteiger partial charge in [-0.05, 0) is 36.8 Å². The van der Waals surface area contributed by atoms with Gasteiger partial charge in [0.2, 0.25) is 5.76 Å². The Morgan fingerprint density at radius 3 is 2.85 bits per heavy atom. The highest BCUT2D eigenvalue weighted by Crippen LogP contribution is 2.34. The lowest BCUT2D eigenvalue weighted by Crippen LogP contribution is -2.30. The summed E-state index contributed by atoms with van der Waals surface area (Å²) >= 11 is 7.62. The molecule has 0 aliphatic rings. The van der Waals surface area contributed by atoms with Crippen molar-refractivity contribution in [3.05, 3.63) is 70.8 Å². The number of aromatic nitrogens is 3. The van der Waals surface area contributed by atoms with E-state index in [0.29, 0.717) is 10.2 Å². The van der Waals surface area contributed by atoms with Crippen molar-refractivity contribution in [2.45, 2.75) is 13.5 Å². The van der Waals surface area contributed by atoms with Gasteiger partial charge in [-0.25, -0.2) is 4.98 Å². The van der Waals surface area contributed by atoms with Gasteiger partial charge in [0, 0.05) is 17.3 Å². The van der Waals surface area contributed by atoms with Crippen LogP contribution in [0.1, 0.15) is 21.8 Å². The van der Waals surface area contributed by atoms with Crippen LogP contribution in [0.4, 0.5) is 5.13 Å². The summed E-state index contributed by atoms with van der Waals surface area (Å²) in [7, 11) is 0. The number of carbonyl (C=O) groups excluding carboxylic acids is 1. The van der Waals surface area contributed by atoms with Crippen molar-refractivity contribution in [2.24, 2.45) is 0 Å². The van der Waals surface area contributed by atoms with E-state index in [9.17, 15) is 4.79 Å². The number of hydrogen-bond donors (Lipinski definition) is 0. The molecule has 4 aromatic rings. The SMILES string of the molecule is Cc1c(Cl)ccc2sc(N(Cc3ccccn3)C(=O)c3ccno3)nc12. The van der Waals surface area contributed by atoms with E-state index in [1.54, 1.807) is 11.1 Å². The van der Waals surface area contributed by atoms with E-state index < -0.39 is 0 Å². The summed E-state index contributed by atoms with van der Waals surface area (Å²) in [6.45, 7) is 2.18. The summed E-state index contributed by atoms with van der Waals surface area (Å²) in [6.07, 6.45) is 3.13. The number of rotatable bonds is 4. The molecule has 0 bridgehead atoms. The summed E-state index contributed by atoms with van der Waals surface area (Å²) in [6, 6.07) is 10.8. The maximum atomic E-state index is 12.9. The van der Waals surface area contributed by atoms with Gasteiger partial charge in [0.05, 0.1) is 28.7 Å². The zero-order chi connectivity index (χ0) is 18.1. The van der Waals surface area contributed by atoms with Gasteiger partial charge < -0.3 is 4.52 Å². The van der Waals surface area contributed by atoms with Crippen molar-refractivity contribution < 1.29 is 9.32 Å². The highest BCUT2D eigenvalue weighted by atomic mass is 35.5.